The van der Waals surface area contributed by atoms with Gasteiger partial charge in [0.15, 0.2) is 0 Å². The lowest BCUT2D eigenvalue weighted by atomic mass is 9.46. The first-order valence-electron chi connectivity index (χ1n) is 9.40. The molecule has 0 radical (unpaired) electrons. The Labute approximate surface area is 135 Å². The van der Waals surface area contributed by atoms with E-state index in [0.717, 1.165) is 31.1 Å². The third-order valence-electron chi connectivity index (χ3n) is 8.65. The first kappa shape index (κ1) is 15.2. The van der Waals surface area contributed by atoms with Crippen LogP contribution in [0.3, 0.4) is 0 Å². The molecule has 0 bridgehead atoms. The SMILES string of the molecule is C[C@]12CC[C@@H](O)C=C1CC[C@@H]1[C@@H]2CC[C@@]2(C)[C@H]1CC[C@@]2(C)O. The molecule has 4 rings (SSSR count). The van der Waals surface area contributed by atoms with Gasteiger partial charge in [-0.1, -0.05) is 25.5 Å². The molecule has 0 amide bonds. The van der Waals surface area contributed by atoms with Crippen molar-refractivity contribution in [3.8, 4) is 0 Å². The minimum absolute atomic E-state index is 0.125. The third kappa shape index (κ3) is 1.80. The van der Waals surface area contributed by atoms with Gasteiger partial charge in [-0.25, -0.2) is 0 Å². The summed E-state index contributed by atoms with van der Waals surface area (Å²) in [5.41, 5.74) is 1.51. The Morgan fingerprint density at radius 2 is 1.68 bits per heavy atom. The van der Waals surface area contributed by atoms with E-state index in [2.05, 4.69) is 26.8 Å². The van der Waals surface area contributed by atoms with E-state index in [4.69, 9.17) is 0 Å². The van der Waals surface area contributed by atoms with Crippen LogP contribution in [0.5, 0.6) is 0 Å². The second-order valence-corrected chi connectivity index (χ2v) is 9.40. The van der Waals surface area contributed by atoms with Gasteiger partial charge in [0.1, 0.15) is 0 Å². The first-order valence-corrected chi connectivity index (χ1v) is 9.40. The highest BCUT2D eigenvalue weighted by atomic mass is 16.3. The highest BCUT2D eigenvalue weighted by Gasteiger charge is 2.62. The normalized spacial score (nSPS) is 57.6. The molecule has 0 aromatic rings. The molecular weight excluding hydrogens is 272 g/mol. The van der Waals surface area contributed by atoms with Gasteiger partial charge < -0.3 is 10.2 Å². The van der Waals surface area contributed by atoms with Crippen molar-refractivity contribution in [1.82, 2.24) is 0 Å². The summed E-state index contributed by atoms with van der Waals surface area (Å²) in [5, 5.41) is 20.9. The smallest absolute Gasteiger partial charge is 0.0724 e. The van der Waals surface area contributed by atoms with E-state index in [1.807, 2.05) is 0 Å². The predicted octanol–water partition coefficient (Wildman–Crippen LogP) is 4.06. The topological polar surface area (TPSA) is 40.5 Å². The van der Waals surface area contributed by atoms with Crippen molar-refractivity contribution in [1.29, 1.82) is 0 Å². The first-order chi connectivity index (χ1) is 10.3. The van der Waals surface area contributed by atoms with Crippen LogP contribution < -0.4 is 0 Å². The highest BCUT2D eigenvalue weighted by molar-refractivity contribution is 5.26. The van der Waals surface area contributed by atoms with E-state index in [1.54, 1.807) is 5.57 Å². The van der Waals surface area contributed by atoms with Gasteiger partial charge in [-0.3, -0.25) is 0 Å². The second kappa shape index (κ2) is 4.60. The van der Waals surface area contributed by atoms with E-state index in [9.17, 15) is 10.2 Å². The van der Waals surface area contributed by atoms with E-state index < -0.39 is 5.60 Å². The number of fused-ring (bicyclic) bond motifs is 5. The fourth-order valence-electron chi connectivity index (χ4n) is 6.95. The molecule has 2 N–H and O–H groups in total. The Hall–Kier alpha value is -0.340. The molecular formula is C20H32O2. The Bertz CT molecular complexity index is 508. The lowest BCUT2D eigenvalue weighted by Gasteiger charge is -2.59. The molecule has 2 nitrogen and oxygen atoms in total. The summed E-state index contributed by atoms with van der Waals surface area (Å²) in [5.74, 6) is 2.25. The maximum absolute atomic E-state index is 10.9. The van der Waals surface area contributed by atoms with E-state index in [0.29, 0.717) is 11.3 Å². The van der Waals surface area contributed by atoms with Crippen LogP contribution in [0.25, 0.3) is 0 Å². The molecule has 22 heavy (non-hydrogen) atoms. The molecule has 0 saturated heterocycles. The van der Waals surface area contributed by atoms with Crippen LogP contribution in [0, 0.1) is 28.6 Å². The van der Waals surface area contributed by atoms with Crippen molar-refractivity contribution in [3.05, 3.63) is 11.6 Å². The minimum atomic E-state index is -0.470. The van der Waals surface area contributed by atoms with Crippen LogP contribution in [0.1, 0.15) is 72.1 Å². The molecule has 0 aromatic heterocycles. The standard InChI is InChI=1S/C20H32O2/c1-18-9-6-14(21)12-13(18)4-5-15-16(18)7-10-19(2)17(15)8-11-20(19,3)22/h12,14-17,21-22H,4-11H2,1-3H3/t14-,15-,16+,17+,18+,19+,20-/m1/s1. The average molecular weight is 304 g/mol. The van der Waals surface area contributed by atoms with Crippen molar-refractivity contribution in [2.45, 2.75) is 83.8 Å². The fraction of sp³-hybridized carbons (Fsp3) is 0.900. The molecule has 3 fully saturated rings. The summed E-state index contributed by atoms with van der Waals surface area (Å²) in [7, 11) is 0. The van der Waals surface area contributed by atoms with Crippen LogP contribution in [0.4, 0.5) is 0 Å². The molecule has 124 valence electrons. The number of hydrogen-bond donors (Lipinski definition) is 2. The summed E-state index contributed by atoms with van der Waals surface area (Å²) < 4.78 is 0. The molecule has 2 heteroatoms. The average Bonchev–Trinajstić information content (AvgIpc) is 2.70. The van der Waals surface area contributed by atoms with Crippen molar-refractivity contribution < 1.29 is 10.2 Å². The van der Waals surface area contributed by atoms with Crippen LogP contribution in [-0.4, -0.2) is 21.9 Å². The molecule has 3 saturated carbocycles. The van der Waals surface area contributed by atoms with Crippen molar-refractivity contribution >= 4 is 0 Å². The maximum Gasteiger partial charge on any atom is 0.0724 e. The van der Waals surface area contributed by atoms with Gasteiger partial charge in [0, 0.05) is 0 Å². The van der Waals surface area contributed by atoms with Gasteiger partial charge in [-0.05, 0) is 86.9 Å². The van der Waals surface area contributed by atoms with Crippen LogP contribution in [0.15, 0.2) is 11.6 Å². The quantitative estimate of drug-likeness (QED) is 0.663. The zero-order valence-corrected chi connectivity index (χ0v) is 14.4. The number of allylic oxidation sites excluding steroid dienone is 1. The van der Waals surface area contributed by atoms with Gasteiger partial charge in [0.25, 0.3) is 0 Å². The summed E-state index contributed by atoms with van der Waals surface area (Å²) in [6, 6.07) is 0. The lowest BCUT2D eigenvalue weighted by Crippen LogP contribution is -2.54. The second-order valence-electron chi connectivity index (χ2n) is 9.40. The Balaban J connectivity index is 1.68. The van der Waals surface area contributed by atoms with E-state index >= 15 is 0 Å². The summed E-state index contributed by atoms with van der Waals surface area (Å²) >= 11 is 0. The van der Waals surface area contributed by atoms with Crippen molar-refractivity contribution in [3.63, 3.8) is 0 Å². The van der Waals surface area contributed by atoms with Gasteiger partial charge >= 0.3 is 0 Å². The van der Waals surface area contributed by atoms with Gasteiger partial charge in [-0.2, -0.15) is 0 Å². The Morgan fingerprint density at radius 1 is 0.955 bits per heavy atom. The van der Waals surface area contributed by atoms with Crippen LogP contribution >= 0.6 is 0 Å². The fourth-order valence-corrected chi connectivity index (χ4v) is 6.95. The zero-order valence-electron chi connectivity index (χ0n) is 14.4. The molecule has 4 aliphatic carbocycles. The molecule has 7 atom stereocenters. The highest BCUT2D eigenvalue weighted by Crippen LogP contribution is 2.67. The maximum atomic E-state index is 10.9. The van der Waals surface area contributed by atoms with Crippen LogP contribution in [0.2, 0.25) is 0 Å². The monoisotopic (exact) mass is 304 g/mol. The Morgan fingerprint density at radius 3 is 2.45 bits per heavy atom. The lowest BCUT2D eigenvalue weighted by molar-refractivity contribution is -0.118. The molecule has 0 spiro atoms. The van der Waals surface area contributed by atoms with Crippen molar-refractivity contribution in [2.75, 3.05) is 0 Å². The predicted molar refractivity (Wildman–Crippen MR) is 88.3 cm³/mol. The number of hydrogen-bond acceptors (Lipinski definition) is 2. The number of rotatable bonds is 0. The van der Waals surface area contributed by atoms with Gasteiger partial charge in [-0.15, -0.1) is 0 Å². The number of aliphatic hydroxyl groups excluding tert-OH is 1. The van der Waals surface area contributed by atoms with Gasteiger partial charge in [0.05, 0.1) is 11.7 Å². The summed E-state index contributed by atoms with van der Waals surface area (Å²) in [6.07, 6.45) is 11.1. The Kier molecular flexibility index (Phi) is 3.18. The zero-order chi connectivity index (χ0) is 15.8. The minimum Gasteiger partial charge on any atom is -0.390 e. The van der Waals surface area contributed by atoms with E-state index in [-0.39, 0.29) is 11.5 Å². The third-order valence-corrected chi connectivity index (χ3v) is 8.65. The summed E-state index contributed by atoms with van der Waals surface area (Å²) in [4.78, 5) is 0. The van der Waals surface area contributed by atoms with Crippen LogP contribution in [-0.2, 0) is 0 Å². The molecule has 0 aliphatic heterocycles. The molecule has 4 aliphatic rings. The molecule has 0 unspecified atom stereocenters. The number of aliphatic hydroxyl groups is 2. The van der Waals surface area contributed by atoms with Crippen molar-refractivity contribution in [2.24, 2.45) is 28.6 Å². The largest absolute Gasteiger partial charge is 0.390 e. The summed E-state index contributed by atoms with van der Waals surface area (Å²) in [6.45, 7) is 6.91. The van der Waals surface area contributed by atoms with Gasteiger partial charge in [0.2, 0.25) is 0 Å². The molecule has 0 aromatic carbocycles. The van der Waals surface area contributed by atoms with E-state index in [1.165, 1.54) is 32.1 Å². The molecule has 0 heterocycles.